The Hall–Kier alpha value is -0.440. The van der Waals surface area contributed by atoms with Gasteiger partial charge in [0, 0.05) is 12.3 Å². The Balaban J connectivity index is 2.90. The molecule has 0 aromatic rings. The van der Waals surface area contributed by atoms with E-state index in [0.29, 0.717) is 17.5 Å². The van der Waals surface area contributed by atoms with E-state index in [1.54, 1.807) is 0 Å². The van der Waals surface area contributed by atoms with E-state index < -0.39 is 8.29 Å². The van der Waals surface area contributed by atoms with Crippen molar-refractivity contribution >= 4 is 17.5 Å². The molecule has 1 rings (SSSR count). The number of hydrogen-bond acceptors (Lipinski definition) is 0. The Bertz CT molecular complexity index is 558. The molecule has 0 aromatic heterocycles. The van der Waals surface area contributed by atoms with Crippen molar-refractivity contribution in [2.24, 2.45) is 11.8 Å². The lowest BCUT2D eigenvalue weighted by Gasteiger charge is -2.66. The first-order valence-electron chi connectivity index (χ1n) is 8.54. The van der Waals surface area contributed by atoms with Crippen LogP contribution in [-0.4, -0.2) is 42.7 Å². The molecule has 0 saturated heterocycles. The van der Waals surface area contributed by atoms with Gasteiger partial charge in [-0.15, -0.1) is 9.24 Å². The van der Waals surface area contributed by atoms with Crippen LogP contribution in [0.4, 0.5) is 0 Å². The molecule has 3 atom stereocenters. The minimum absolute atomic E-state index is 0.355. The monoisotopic (exact) mass is 352 g/mol. The number of rotatable bonds is 5. The average molecular weight is 353 g/mol. The minimum atomic E-state index is -1.96. The average Bonchev–Trinajstić information content (AvgIpc) is 2.32. The van der Waals surface area contributed by atoms with Crippen molar-refractivity contribution in [3.8, 4) is 11.8 Å². The molecule has 0 amide bonds. The summed E-state index contributed by atoms with van der Waals surface area (Å²) in [6.45, 7) is 4.56. The summed E-state index contributed by atoms with van der Waals surface area (Å²) >= 11 is 0. The van der Waals surface area contributed by atoms with Crippen LogP contribution in [0, 0.1) is 23.7 Å². The molecule has 0 heterocycles. The van der Waals surface area contributed by atoms with E-state index >= 15 is 0 Å². The maximum atomic E-state index is 3.50. The lowest BCUT2D eigenvalue weighted by atomic mass is 10.00. The quantitative estimate of drug-likeness (QED) is 0.461. The highest BCUT2D eigenvalue weighted by Crippen LogP contribution is 2.75. The van der Waals surface area contributed by atoms with E-state index in [9.17, 15) is 0 Å². The fourth-order valence-corrected chi connectivity index (χ4v) is 5.54. The second kappa shape index (κ2) is 6.82. The van der Waals surface area contributed by atoms with Crippen LogP contribution in [0.1, 0.15) is 26.7 Å². The summed E-state index contributed by atoms with van der Waals surface area (Å²) in [4.78, 5) is 0. The smallest absolute Gasteiger partial charge is 0.0449 e. The highest BCUT2D eigenvalue weighted by Gasteiger charge is 2.38. The van der Waals surface area contributed by atoms with Crippen LogP contribution < -0.4 is 0 Å². The Kier molecular flexibility index (Phi) is 6.11. The second-order valence-corrected chi connectivity index (χ2v) is 22.7. The third-order valence-electron chi connectivity index (χ3n) is 3.64. The zero-order chi connectivity index (χ0) is 17.8. The molecule has 0 nitrogen and oxygen atoms in total. The lowest BCUT2D eigenvalue weighted by molar-refractivity contribution is 0.595. The minimum Gasteiger partial charge on any atom is -0.285 e. The molecule has 0 saturated carbocycles. The topological polar surface area (TPSA) is 0 Å². The molecule has 0 N–H and O–H groups in total. The maximum absolute atomic E-state index is 3.50. The molecule has 0 aromatic carbocycles. The second-order valence-electron chi connectivity index (χ2n) is 10.5. The van der Waals surface area contributed by atoms with Crippen LogP contribution in [0.5, 0.6) is 0 Å². The van der Waals surface area contributed by atoms with Crippen molar-refractivity contribution in [2.75, 3.05) is 37.0 Å². The standard InChI is InChI=1S/C21H37PS/c1-18(2)16-21(22)20-14-10-8-12-19(13-9-11-15-20)17-23(3,4,5,6)7/h8,10,12,14-15,18-19,21H,11,16-17,22H2,1-7H3/b12-8-,14-10+,20-15+. The highest BCUT2D eigenvalue weighted by molar-refractivity contribution is 8.62. The molecule has 2 heteroatoms. The first-order valence-corrected chi connectivity index (χ1v) is 13.9. The lowest BCUT2D eigenvalue weighted by Crippen LogP contribution is -2.35. The van der Waals surface area contributed by atoms with Gasteiger partial charge in [0.05, 0.1) is 0 Å². The Morgan fingerprint density at radius 3 is 2.39 bits per heavy atom. The molecule has 23 heavy (non-hydrogen) atoms. The molecular weight excluding hydrogens is 315 g/mol. The molecule has 0 radical (unpaired) electrons. The summed E-state index contributed by atoms with van der Waals surface area (Å²) < 4.78 is 0. The van der Waals surface area contributed by atoms with E-state index in [-0.39, 0.29) is 0 Å². The van der Waals surface area contributed by atoms with Gasteiger partial charge in [0.2, 0.25) is 0 Å². The van der Waals surface area contributed by atoms with Gasteiger partial charge in [-0.2, -0.15) is 0 Å². The van der Waals surface area contributed by atoms with Gasteiger partial charge in [-0.1, -0.05) is 56.1 Å². The normalized spacial score (nSPS) is 28.4. The van der Waals surface area contributed by atoms with Gasteiger partial charge in [0.15, 0.2) is 0 Å². The van der Waals surface area contributed by atoms with Gasteiger partial charge >= 0.3 is 0 Å². The molecular formula is C21H37PS. The predicted octanol–water partition coefficient (Wildman–Crippen LogP) is 5.36. The molecule has 0 aliphatic heterocycles. The van der Waals surface area contributed by atoms with E-state index in [1.807, 2.05) is 0 Å². The van der Waals surface area contributed by atoms with Crippen LogP contribution in [-0.2, 0) is 0 Å². The van der Waals surface area contributed by atoms with Crippen molar-refractivity contribution in [2.45, 2.75) is 32.3 Å². The van der Waals surface area contributed by atoms with E-state index in [0.717, 1.165) is 12.2 Å². The zero-order valence-electron chi connectivity index (χ0n) is 16.2. The maximum Gasteiger partial charge on any atom is 0.0449 e. The highest BCUT2D eigenvalue weighted by atomic mass is 32.4. The SMILES string of the molecule is CC(C)CC(P)C1=C\CC#CC(CS(C)(C)(C)(C)C)\C=C/C=C/1. The van der Waals surface area contributed by atoms with Crippen LogP contribution >= 0.6 is 17.5 Å². The Labute approximate surface area is 146 Å². The Morgan fingerprint density at radius 1 is 1.17 bits per heavy atom. The van der Waals surface area contributed by atoms with Crippen LogP contribution in [0.2, 0.25) is 0 Å². The van der Waals surface area contributed by atoms with Crippen LogP contribution in [0.15, 0.2) is 36.0 Å². The first kappa shape index (κ1) is 20.6. The van der Waals surface area contributed by atoms with Gasteiger partial charge in [-0.05, 0) is 60.6 Å². The van der Waals surface area contributed by atoms with Crippen molar-refractivity contribution in [1.29, 1.82) is 0 Å². The molecule has 1 aliphatic rings. The summed E-state index contributed by atoms with van der Waals surface area (Å²) in [6, 6.07) is 0. The summed E-state index contributed by atoms with van der Waals surface area (Å²) in [5.41, 5.74) is 1.92. The third-order valence-corrected chi connectivity index (χ3v) is 6.32. The van der Waals surface area contributed by atoms with Gasteiger partial charge in [-0.25, -0.2) is 0 Å². The first-order chi connectivity index (χ1) is 10.3. The van der Waals surface area contributed by atoms with Gasteiger partial charge < -0.3 is 0 Å². The van der Waals surface area contributed by atoms with Crippen molar-refractivity contribution < 1.29 is 0 Å². The molecule has 0 bridgehead atoms. The van der Waals surface area contributed by atoms with E-state index in [4.69, 9.17) is 0 Å². The van der Waals surface area contributed by atoms with Crippen molar-refractivity contribution in [3.05, 3.63) is 36.0 Å². The van der Waals surface area contributed by atoms with Crippen LogP contribution in [0.25, 0.3) is 0 Å². The van der Waals surface area contributed by atoms with Crippen LogP contribution in [0.3, 0.4) is 0 Å². The third kappa shape index (κ3) is 10.1. The number of allylic oxidation sites excluding steroid dienone is 6. The fourth-order valence-electron chi connectivity index (χ4n) is 2.75. The summed E-state index contributed by atoms with van der Waals surface area (Å²) in [5, 5.41) is 0. The van der Waals surface area contributed by atoms with Crippen molar-refractivity contribution in [3.63, 3.8) is 0 Å². The van der Waals surface area contributed by atoms with Crippen molar-refractivity contribution in [1.82, 2.24) is 0 Å². The van der Waals surface area contributed by atoms with Gasteiger partial charge in [0.1, 0.15) is 0 Å². The van der Waals surface area contributed by atoms with Gasteiger partial charge in [-0.3, -0.25) is 8.29 Å². The summed E-state index contributed by atoms with van der Waals surface area (Å²) in [7, 11) is 1.03. The van der Waals surface area contributed by atoms with E-state index in [1.165, 1.54) is 12.0 Å². The number of hydrogen-bond donors (Lipinski definition) is 0. The molecule has 0 fully saturated rings. The van der Waals surface area contributed by atoms with E-state index in [2.05, 4.69) is 96.6 Å². The summed E-state index contributed by atoms with van der Waals surface area (Å²) in [6.07, 6.45) is 25.5. The molecule has 3 unspecified atom stereocenters. The predicted molar refractivity (Wildman–Crippen MR) is 117 cm³/mol. The largest absolute Gasteiger partial charge is 0.285 e. The molecule has 1 aliphatic carbocycles. The zero-order valence-corrected chi connectivity index (χ0v) is 18.2. The fraction of sp³-hybridized carbons (Fsp3) is 0.619. The summed E-state index contributed by atoms with van der Waals surface area (Å²) in [5.74, 6) is 9.13. The molecule has 0 spiro atoms. The molecule has 132 valence electrons. The van der Waals surface area contributed by atoms with Gasteiger partial charge in [0.25, 0.3) is 0 Å². The Morgan fingerprint density at radius 2 is 1.83 bits per heavy atom.